The van der Waals surface area contributed by atoms with E-state index in [2.05, 4.69) is 4.72 Å². The minimum absolute atomic E-state index is 0. The van der Waals surface area contributed by atoms with Crippen molar-refractivity contribution in [2.24, 2.45) is 5.73 Å². The standard InChI is InChI=1S/C10H16N2O2S.ClH/c1-2-15(13,14)12-8-10(11)9-6-4-3-5-7-9;/h3-7,10,12H,2,8,11H2,1H3;1H. The molecule has 0 aromatic heterocycles. The molecule has 3 N–H and O–H groups in total. The van der Waals surface area contributed by atoms with E-state index in [9.17, 15) is 8.42 Å². The van der Waals surface area contributed by atoms with E-state index in [1.807, 2.05) is 30.3 Å². The Morgan fingerprint density at radius 3 is 2.38 bits per heavy atom. The highest BCUT2D eigenvalue weighted by Gasteiger charge is 2.10. The number of sulfonamides is 1. The van der Waals surface area contributed by atoms with Crippen molar-refractivity contribution >= 4 is 22.4 Å². The molecular weight excluding hydrogens is 248 g/mol. The third kappa shape index (κ3) is 4.94. The Kier molecular flexibility index (Phi) is 6.59. The van der Waals surface area contributed by atoms with Gasteiger partial charge < -0.3 is 5.73 Å². The van der Waals surface area contributed by atoms with Gasteiger partial charge >= 0.3 is 0 Å². The van der Waals surface area contributed by atoms with Crippen molar-refractivity contribution in [2.45, 2.75) is 13.0 Å². The largest absolute Gasteiger partial charge is 0.323 e. The predicted octanol–water partition coefficient (Wildman–Crippen LogP) is 1.05. The summed E-state index contributed by atoms with van der Waals surface area (Å²) in [5.41, 5.74) is 6.76. The van der Waals surface area contributed by atoms with Crippen molar-refractivity contribution in [1.82, 2.24) is 4.72 Å². The van der Waals surface area contributed by atoms with Gasteiger partial charge in [-0.25, -0.2) is 13.1 Å². The fraction of sp³-hybridized carbons (Fsp3) is 0.400. The van der Waals surface area contributed by atoms with Crippen LogP contribution in [-0.4, -0.2) is 20.7 Å². The minimum Gasteiger partial charge on any atom is -0.323 e. The fourth-order valence-electron chi connectivity index (χ4n) is 1.14. The molecule has 92 valence electrons. The second-order valence-corrected chi connectivity index (χ2v) is 5.36. The van der Waals surface area contributed by atoms with E-state index in [4.69, 9.17) is 5.73 Å². The third-order valence-corrected chi connectivity index (χ3v) is 3.50. The summed E-state index contributed by atoms with van der Waals surface area (Å²) < 4.78 is 24.8. The molecule has 1 aromatic rings. The van der Waals surface area contributed by atoms with E-state index in [-0.39, 0.29) is 30.7 Å². The van der Waals surface area contributed by atoms with E-state index in [1.54, 1.807) is 6.92 Å². The van der Waals surface area contributed by atoms with Crippen molar-refractivity contribution in [3.8, 4) is 0 Å². The molecule has 0 bridgehead atoms. The van der Waals surface area contributed by atoms with Crippen LogP contribution in [0.5, 0.6) is 0 Å². The van der Waals surface area contributed by atoms with Gasteiger partial charge in [0.2, 0.25) is 10.0 Å². The van der Waals surface area contributed by atoms with Crippen LogP contribution in [0.25, 0.3) is 0 Å². The molecule has 0 radical (unpaired) electrons. The Morgan fingerprint density at radius 1 is 1.31 bits per heavy atom. The molecule has 6 heteroatoms. The quantitative estimate of drug-likeness (QED) is 0.835. The molecule has 1 aromatic carbocycles. The van der Waals surface area contributed by atoms with Gasteiger partial charge in [0.05, 0.1) is 5.75 Å². The normalized spacial score (nSPS) is 12.9. The SMILES string of the molecule is CCS(=O)(=O)NCC(N)c1ccccc1.Cl. The van der Waals surface area contributed by atoms with Gasteiger partial charge in [-0.05, 0) is 12.5 Å². The minimum atomic E-state index is -3.15. The summed E-state index contributed by atoms with van der Waals surface area (Å²) in [6.45, 7) is 1.83. The fourth-order valence-corrected chi connectivity index (χ4v) is 1.77. The zero-order valence-electron chi connectivity index (χ0n) is 9.09. The van der Waals surface area contributed by atoms with Crippen LogP contribution in [-0.2, 0) is 10.0 Å². The first-order valence-electron chi connectivity index (χ1n) is 4.83. The molecule has 0 fully saturated rings. The van der Waals surface area contributed by atoms with Crippen LogP contribution in [0.4, 0.5) is 0 Å². The van der Waals surface area contributed by atoms with E-state index < -0.39 is 10.0 Å². The van der Waals surface area contributed by atoms with Gasteiger partial charge in [0.25, 0.3) is 0 Å². The van der Waals surface area contributed by atoms with Gasteiger partial charge in [-0.2, -0.15) is 0 Å². The number of nitrogens with one attached hydrogen (secondary N) is 1. The molecule has 0 saturated heterocycles. The van der Waals surface area contributed by atoms with Crippen LogP contribution in [0, 0.1) is 0 Å². The summed E-state index contributed by atoms with van der Waals surface area (Å²) in [6, 6.07) is 9.11. The number of benzene rings is 1. The number of rotatable bonds is 5. The monoisotopic (exact) mass is 264 g/mol. The highest BCUT2D eigenvalue weighted by atomic mass is 35.5. The van der Waals surface area contributed by atoms with Crippen molar-refractivity contribution < 1.29 is 8.42 Å². The Morgan fingerprint density at radius 2 is 1.88 bits per heavy atom. The molecule has 16 heavy (non-hydrogen) atoms. The van der Waals surface area contributed by atoms with E-state index in [0.29, 0.717) is 0 Å². The zero-order valence-corrected chi connectivity index (χ0v) is 10.7. The maximum Gasteiger partial charge on any atom is 0.211 e. The van der Waals surface area contributed by atoms with E-state index >= 15 is 0 Å². The van der Waals surface area contributed by atoms with Crippen molar-refractivity contribution in [2.75, 3.05) is 12.3 Å². The number of hydrogen-bond acceptors (Lipinski definition) is 3. The highest BCUT2D eigenvalue weighted by molar-refractivity contribution is 7.89. The number of halogens is 1. The Balaban J connectivity index is 0.00000225. The molecule has 0 aliphatic carbocycles. The average Bonchev–Trinajstić information content (AvgIpc) is 2.27. The second kappa shape index (κ2) is 6.85. The lowest BCUT2D eigenvalue weighted by Gasteiger charge is -2.12. The lowest BCUT2D eigenvalue weighted by Crippen LogP contribution is -2.32. The summed E-state index contributed by atoms with van der Waals surface area (Å²) in [4.78, 5) is 0. The molecule has 0 heterocycles. The molecule has 0 spiro atoms. The van der Waals surface area contributed by atoms with Gasteiger partial charge in [0, 0.05) is 12.6 Å². The number of nitrogens with two attached hydrogens (primary N) is 1. The van der Waals surface area contributed by atoms with Crippen LogP contribution < -0.4 is 10.5 Å². The summed E-state index contributed by atoms with van der Waals surface area (Å²) in [6.07, 6.45) is 0. The van der Waals surface area contributed by atoms with Crippen LogP contribution in [0.1, 0.15) is 18.5 Å². The number of hydrogen-bond donors (Lipinski definition) is 2. The van der Waals surface area contributed by atoms with Gasteiger partial charge in [0.1, 0.15) is 0 Å². The van der Waals surface area contributed by atoms with Crippen molar-refractivity contribution in [3.63, 3.8) is 0 Å². The lowest BCUT2D eigenvalue weighted by molar-refractivity contribution is 0.573. The third-order valence-electron chi connectivity index (χ3n) is 2.13. The van der Waals surface area contributed by atoms with Crippen molar-refractivity contribution in [1.29, 1.82) is 0 Å². The maximum absolute atomic E-state index is 11.2. The maximum atomic E-state index is 11.2. The van der Waals surface area contributed by atoms with E-state index in [0.717, 1.165) is 5.56 Å². The molecule has 0 aliphatic rings. The summed E-state index contributed by atoms with van der Waals surface area (Å²) >= 11 is 0. The molecule has 0 amide bonds. The Bertz CT molecular complexity index is 395. The van der Waals surface area contributed by atoms with Gasteiger partial charge in [-0.15, -0.1) is 12.4 Å². The molecule has 1 atom stereocenters. The Labute approximate surface area is 103 Å². The first-order valence-corrected chi connectivity index (χ1v) is 6.48. The zero-order chi connectivity index (χ0) is 11.3. The molecule has 0 saturated carbocycles. The van der Waals surface area contributed by atoms with Crippen LogP contribution in [0.3, 0.4) is 0 Å². The first kappa shape index (κ1) is 15.4. The molecular formula is C10H17ClN2O2S. The van der Waals surface area contributed by atoms with Crippen LogP contribution in [0.2, 0.25) is 0 Å². The molecule has 1 unspecified atom stereocenters. The lowest BCUT2D eigenvalue weighted by atomic mass is 10.1. The van der Waals surface area contributed by atoms with Crippen LogP contribution in [0.15, 0.2) is 30.3 Å². The molecule has 4 nitrogen and oxygen atoms in total. The second-order valence-electron chi connectivity index (χ2n) is 3.27. The molecule has 1 rings (SSSR count). The van der Waals surface area contributed by atoms with Gasteiger partial charge in [-0.3, -0.25) is 0 Å². The van der Waals surface area contributed by atoms with Crippen LogP contribution >= 0.6 is 12.4 Å². The first-order chi connectivity index (χ1) is 7.05. The summed E-state index contributed by atoms with van der Waals surface area (Å²) in [5, 5.41) is 0. The molecule has 0 aliphatic heterocycles. The summed E-state index contributed by atoms with van der Waals surface area (Å²) in [7, 11) is -3.15. The van der Waals surface area contributed by atoms with E-state index in [1.165, 1.54) is 0 Å². The van der Waals surface area contributed by atoms with Gasteiger partial charge in [0.15, 0.2) is 0 Å². The smallest absolute Gasteiger partial charge is 0.211 e. The highest BCUT2D eigenvalue weighted by Crippen LogP contribution is 2.08. The average molecular weight is 265 g/mol. The van der Waals surface area contributed by atoms with Gasteiger partial charge in [-0.1, -0.05) is 30.3 Å². The topological polar surface area (TPSA) is 72.2 Å². The Hall–Kier alpha value is -0.620. The summed E-state index contributed by atoms with van der Waals surface area (Å²) in [5.74, 6) is 0.0779. The predicted molar refractivity (Wildman–Crippen MR) is 68.1 cm³/mol. The van der Waals surface area contributed by atoms with Crippen molar-refractivity contribution in [3.05, 3.63) is 35.9 Å².